The second-order valence-corrected chi connectivity index (χ2v) is 8.42. The molecule has 0 bridgehead atoms. The molecular formula is C28H31N5O3. The van der Waals surface area contributed by atoms with E-state index in [9.17, 15) is 4.79 Å². The van der Waals surface area contributed by atoms with Crippen molar-refractivity contribution >= 4 is 34.0 Å². The van der Waals surface area contributed by atoms with E-state index in [-0.39, 0.29) is 12.0 Å². The zero-order valence-corrected chi connectivity index (χ0v) is 20.7. The summed E-state index contributed by atoms with van der Waals surface area (Å²) in [4.78, 5) is 23.9. The highest BCUT2D eigenvalue weighted by atomic mass is 16.5. The summed E-state index contributed by atoms with van der Waals surface area (Å²) in [5.74, 6) is 3.54. The molecule has 1 unspecified atom stereocenters. The Hall–Kier alpha value is -3.93. The van der Waals surface area contributed by atoms with Gasteiger partial charge in [-0.2, -0.15) is 0 Å². The van der Waals surface area contributed by atoms with Crippen LogP contribution in [-0.2, 0) is 9.53 Å². The molecule has 1 saturated heterocycles. The van der Waals surface area contributed by atoms with Crippen molar-refractivity contribution in [3.8, 4) is 18.1 Å². The quantitative estimate of drug-likeness (QED) is 0.326. The summed E-state index contributed by atoms with van der Waals surface area (Å²) < 4.78 is 11.7. The van der Waals surface area contributed by atoms with Crippen LogP contribution in [0.4, 0.5) is 17.2 Å². The van der Waals surface area contributed by atoms with Crippen LogP contribution in [-0.4, -0.2) is 59.7 Å². The molecule has 3 aromatic rings. The van der Waals surface area contributed by atoms with Crippen LogP contribution in [0.1, 0.15) is 25.8 Å². The van der Waals surface area contributed by atoms with Crippen molar-refractivity contribution in [1.29, 1.82) is 0 Å². The van der Waals surface area contributed by atoms with Crippen LogP contribution in [0.3, 0.4) is 0 Å². The third-order valence-corrected chi connectivity index (χ3v) is 6.00. The van der Waals surface area contributed by atoms with Gasteiger partial charge in [0.1, 0.15) is 24.0 Å². The van der Waals surface area contributed by atoms with Gasteiger partial charge in [-0.05, 0) is 37.4 Å². The average Bonchev–Trinajstić information content (AvgIpc) is 3.40. The predicted octanol–water partition coefficient (Wildman–Crippen LogP) is 4.36. The summed E-state index contributed by atoms with van der Waals surface area (Å²) in [5.41, 5.74) is 2.79. The van der Waals surface area contributed by atoms with E-state index in [0.29, 0.717) is 42.5 Å². The van der Waals surface area contributed by atoms with E-state index in [1.54, 1.807) is 6.08 Å². The minimum atomic E-state index is -0.234. The standard InChI is InChI=1S/C28H31N5O3/c1-4-20-9-7-10-21(15-20)31-28-23-16-25(32-27(34)11-8-13-33(5-2)6-3)26(17-24(23)29-19-30-28)36-22-12-14-35-18-22/h1,7-11,15-17,19,22H,5-6,12-14,18H2,2-3H3,(H,32,34)(H,29,30,31)/b11-8+. The van der Waals surface area contributed by atoms with Crippen molar-refractivity contribution in [2.24, 2.45) is 0 Å². The van der Waals surface area contributed by atoms with Crippen LogP contribution >= 0.6 is 0 Å². The molecule has 1 atom stereocenters. The molecule has 0 aliphatic carbocycles. The van der Waals surface area contributed by atoms with Gasteiger partial charge in [0.15, 0.2) is 0 Å². The molecule has 0 radical (unpaired) electrons. The minimum Gasteiger partial charge on any atom is -0.486 e. The zero-order chi connectivity index (χ0) is 25.3. The van der Waals surface area contributed by atoms with Gasteiger partial charge < -0.3 is 25.0 Å². The smallest absolute Gasteiger partial charge is 0.248 e. The van der Waals surface area contributed by atoms with Crippen molar-refractivity contribution in [2.45, 2.75) is 26.4 Å². The monoisotopic (exact) mass is 485 g/mol. The maximum Gasteiger partial charge on any atom is 0.248 e. The Morgan fingerprint density at radius 1 is 1.28 bits per heavy atom. The highest BCUT2D eigenvalue weighted by Gasteiger charge is 2.20. The second-order valence-electron chi connectivity index (χ2n) is 8.42. The maximum absolute atomic E-state index is 12.8. The molecule has 8 nitrogen and oxygen atoms in total. The van der Waals surface area contributed by atoms with Gasteiger partial charge in [0, 0.05) is 41.7 Å². The number of ether oxygens (including phenoxy) is 2. The van der Waals surface area contributed by atoms with Gasteiger partial charge >= 0.3 is 0 Å². The van der Waals surface area contributed by atoms with Crippen LogP contribution in [0.5, 0.6) is 5.75 Å². The molecule has 186 valence electrons. The molecule has 1 aliphatic rings. The SMILES string of the molecule is C#Cc1cccc(Nc2ncnc3cc(OC4CCOC4)c(NC(=O)/C=C/CN(CC)CC)cc23)c1. The molecule has 2 heterocycles. The van der Waals surface area contributed by atoms with Gasteiger partial charge in [-0.15, -0.1) is 6.42 Å². The third kappa shape index (κ3) is 6.39. The lowest BCUT2D eigenvalue weighted by Gasteiger charge is -2.18. The first-order valence-corrected chi connectivity index (χ1v) is 12.2. The first kappa shape index (κ1) is 25.2. The Balaban J connectivity index is 1.64. The molecule has 8 heteroatoms. The van der Waals surface area contributed by atoms with E-state index in [1.807, 2.05) is 42.5 Å². The van der Waals surface area contributed by atoms with Crippen molar-refractivity contribution < 1.29 is 14.3 Å². The van der Waals surface area contributed by atoms with Crippen LogP contribution in [0.2, 0.25) is 0 Å². The number of amides is 1. The summed E-state index contributed by atoms with van der Waals surface area (Å²) >= 11 is 0. The van der Waals surface area contributed by atoms with Gasteiger partial charge in [0.2, 0.25) is 5.91 Å². The number of carbonyl (C=O) groups excluding carboxylic acids is 1. The first-order valence-electron chi connectivity index (χ1n) is 12.2. The number of terminal acetylenes is 1. The molecule has 2 N–H and O–H groups in total. The normalized spacial score (nSPS) is 15.3. The summed E-state index contributed by atoms with van der Waals surface area (Å²) in [5, 5.41) is 7.03. The molecular weight excluding hydrogens is 454 g/mol. The number of benzene rings is 2. The van der Waals surface area contributed by atoms with E-state index in [0.717, 1.165) is 36.1 Å². The first-order chi connectivity index (χ1) is 17.6. The topological polar surface area (TPSA) is 88.6 Å². The molecule has 1 aliphatic heterocycles. The number of anilines is 3. The number of nitrogens with zero attached hydrogens (tertiary/aromatic N) is 3. The molecule has 1 amide bonds. The predicted molar refractivity (Wildman–Crippen MR) is 143 cm³/mol. The van der Waals surface area contributed by atoms with Crippen molar-refractivity contribution in [3.05, 3.63) is 60.4 Å². The number of nitrogens with one attached hydrogen (secondary N) is 2. The van der Waals surface area contributed by atoms with Gasteiger partial charge in [0.25, 0.3) is 0 Å². The van der Waals surface area contributed by atoms with E-state index < -0.39 is 0 Å². The number of likely N-dealkylation sites (N-methyl/N-ethyl adjacent to an activating group) is 1. The average molecular weight is 486 g/mol. The number of fused-ring (bicyclic) bond motifs is 1. The highest BCUT2D eigenvalue weighted by molar-refractivity contribution is 6.03. The molecule has 1 fully saturated rings. The largest absolute Gasteiger partial charge is 0.486 e. The van der Waals surface area contributed by atoms with Crippen LogP contribution in [0.15, 0.2) is 54.9 Å². The Bertz CT molecular complexity index is 1270. The van der Waals surface area contributed by atoms with Gasteiger partial charge in [-0.3, -0.25) is 4.79 Å². The van der Waals surface area contributed by atoms with Crippen molar-refractivity contribution in [1.82, 2.24) is 14.9 Å². The molecule has 2 aromatic carbocycles. The lowest BCUT2D eigenvalue weighted by atomic mass is 10.1. The zero-order valence-electron chi connectivity index (χ0n) is 20.7. The fraction of sp³-hybridized carbons (Fsp3) is 0.321. The maximum atomic E-state index is 12.8. The Kier molecular flexibility index (Phi) is 8.50. The number of hydrogen-bond acceptors (Lipinski definition) is 7. The van der Waals surface area contributed by atoms with Crippen molar-refractivity contribution in [2.75, 3.05) is 43.5 Å². The molecule has 0 spiro atoms. The van der Waals surface area contributed by atoms with Crippen molar-refractivity contribution in [3.63, 3.8) is 0 Å². The number of aromatic nitrogens is 2. The summed E-state index contributed by atoms with van der Waals surface area (Å²) in [7, 11) is 0. The molecule has 4 rings (SSSR count). The lowest BCUT2D eigenvalue weighted by Crippen LogP contribution is -2.23. The molecule has 0 saturated carbocycles. The fourth-order valence-electron chi connectivity index (χ4n) is 3.95. The second kappa shape index (κ2) is 12.2. The minimum absolute atomic E-state index is 0.0813. The number of rotatable bonds is 10. The lowest BCUT2D eigenvalue weighted by molar-refractivity contribution is -0.111. The van der Waals surface area contributed by atoms with Gasteiger partial charge in [-0.1, -0.05) is 31.9 Å². The number of hydrogen-bond donors (Lipinski definition) is 2. The summed E-state index contributed by atoms with van der Waals surface area (Å²) in [6.07, 6.45) is 11.2. The fourth-order valence-corrected chi connectivity index (χ4v) is 3.95. The summed E-state index contributed by atoms with van der Waals surface area (Å²) in [6.45, 7) is 7.92. The van der Waals surface area contributed by atoms with Crippen LogP contribution in [0.25, 0.3) is 10.9 Å². The Morgan fingerprint density at radius 3 is 2.89 bits per heavy atom. The highest BCUT2D eigenvalue weighted by Crippen LogP contribution is 2.34. The van der Waals surface area contributed by atoms with E-state index in [2.05, 4.69) is 45.3 Å². The molecule has 36 heavy (non-hydrogen) atoms. The molecule has 1 aromatic heterocycles. The Morgan fingerprint density at radius 2 is 2.14 bits per heavy atom. The number of carbonyl (C=O) groups is 1. The van der Waals surface area contributed by atoms with E-state index >= 15 is 0 Å². The van der Waals surface area contributed by atoms with Gasteiger partial charge in [0.05, 0.1) is 24.4 Å². The van der Waals surface area contributed by atoms with E-state index in [1.165, 1.54) is 6.33 Å². The van der Waals surface area contributed by atoms with Gasteiger partial charge in [-0.25, -0.2) is 9.97 Å². The van der Waals surface area contributed by atoms with Crippen LogP contribution in [0, 0.1) is 12.3 Å². The van der Waals surface area contributed by atoms with Crippen LogP contribution < -0.4 is 15.4 Å². The van der Waals surface area contributed by atoms with E-state index in [4.69, 9.17) is 15.9 Å². The summed E-state index contributed by atoms with van der Waals surface area (Å²) in [6, 6.07) is 11.2. The Labute approximate surface area is 211 Å². The third-order valence-electron chi connectivity index (χ3n) is 6.00.